The van der Waals surface area contributed by atoms with E-state index in [-0.39, 0.29) is 12.8 Å². The third-order valence-corrected chi connectivity index (χ3v) is 3.25. The number of hydrogen-bond acceptors (Lipinski definition) is 1. The summed E-state index contributed by atoms with van der Waals surface area (Å²) in [5.74, 6) is -2.59. The standard InChI is InChI=1S/C10H10BrF2N/c11-8-4-2-1-3-7(8)9(14)5-10(12,13)6-9/h1-4H,5-6,14H2. The van der Waals surface area contributed by atoms with Crippen molar-refractivity contribution in [2.24, 2.45) is 5.73 Å². The van der Waals surface area contributed by atoms with Gasteiger partial charge >= 0.3 is 0 Å². The molecule has 0 heterocycles. The van der Waals surface area contributed by atoms with Gasteiger partial charge in [0.15, 0.2) is 0 Å². The zero-order valence-corrected chi connectivity index (χ0v) is 9.02. The molecule has 2 N–H and O–H groups in total. The monoisotopic (exact) mass is 261 g/mol. The minimum Gasteiger partial charge on any atom is -0.321 e. The summed E-state index contributed by atoms with van der Waals surface area (Å²) in [5, 5.41) is 0. The Balaban J connectivity index is 2.30. The zero-order chi connectivity index (χ0) is 10.4. The second kappa shape index (κ2) is 3.00. The molecule has 1 fully saturated rings. The Morgan fingerprint density at radius 3 is 2.29 bits per heavy atom. The number of halogens is 3. The smallest absolute Gasteiger partial charge is 0.252 e. The van der Waals surface area contributed by atoms with Crippen LogP contribution in [0.15, 0.2) is 28.7 Å². The van der Waals surface area contributed by atoms with Gasteiger partial charge in [0.25, 0.3) is 5.92 Å². The number of alkyl halides is 2. The summed E-state index contributed by atoms with van der Waals surface area (Å²) in [7, 11) is 0. The molecule has 1 saturated carbocycles. The van der Waals surface area contributed by atoms with Crippen molar-refractivity contribution >= 4 is 15.9 Å². The van der Waals surface area contributed by atoms with Crippen LogP contribution in [0.1, 0.15) is 18.4 Å². The van der Waals surface area contributed by atoms with E-state index in [0.717, 1.165) is 10.0 Å². The molecule has 1 aliphatic carbocycles. The van der Waals surface area contributed by atoms with E-state index in [9.17, 15) is 8.78 Å². The highest BCUT2D eigenvalue weighted by molar-refractivity contribution is 9.10. The molecular formula is C10H10BrF2N. The van der Waals surface area contributed by atoms with Crippen LogP contribution >= 0.6 is 15.9 Å². The largest absolute Gasteiger partial charge is 0.321 e. The maximum absolute atomic E-state index is 12.8. The summed E-state index contributed by atoms with van der Waals surface area (Å²) >= 11 is 3.32. The zero-order valence-electron chi connectivity index (χ0n) is 7.43. The quantitative estimate of drug-likeness (QED) is 0.827. The molecule has 0 spiro atoms. The minimum absolute atomic E-state index is 0.261. The Bertz CT molecular complexity index is 357. The molecule has 0 radical (unpaired) electrons. The van der Waals surface area contributed by atoms with Crippen molar-refractivity contribution in [3.8, 4) is 0 Å². The molecule has 1 aromatic carbocycles. The molecule has 0 unspecified atom stereocenters. The van der Waals surface area contributed by atoms with Crippen molar-refractivity contribution in [2.45, 2.75) is 24.3 Å². The van der Waals surface area contributed by atoms with Gasteiger partial charge in [0.05, 0.1) is 5.54 Å². The molecular weight excluding hydrogens is 252 g/mol. The molecule has 1 aromatic rings. The van der Waals surface area contributed by atoms with E-state index in [0.29, 0.717) is 0 Å². The molecule has 0 amide bonds. The van der Waals surface area contributed by atoms with Crippen LogP contribution in [-0.4, -0.2) is 5.92 Å². The van der Waals surface area contributed by atoms with Crippen LogP contribution in [0.5, 0.6) is 0 Å². The molecule has 0 aromatic heterocycles. The highest BCUT2D eigenvalue weighted by Gasteiger charge is 2.55. The lowest BCUT2D eigenvalue weighted by atomic mass is 9.70. The van der Waals surface area contributed by atoms with E-state index in [1.807, 2.05) is 18.2 Å². The molecule has 1 aliphatic rings. The molecule has 0 atom stereocenters. The summed E-state index contributed by atoms with van der Waals surface area (Å²) < 4.78 is 26.3. The molecule has 0 aliphatic heterocycles. The van der Waals surface area contributed by atoms with Gasteiger partial charge in [0.1, 0.15) is 0 Å². The van der Waals surface area contributed by atoms with Crippen molar-refractivity contribution in [3.63, 3.8) is 0 Å². The van der Waals surface area contributed by atoms with Gasteiger partial charge in [-0.15, -0.1) is 0 Å². The van der Waals surface area contributed by atoms with Crippen molar-refractivity contribution in [1.29, 1.82) is 0 Å². The van der Waals surface area contributed by atoms with Crippen molar-refractivity contribution in [3.05, 3.63) is 34.3 Å². The van der Waals surface area contributed by atoms with Crippen LogP contribution in [0.3, 0.4) is 0 Å². The lowest BCUT2D eigenvalue weighted by Gasteiger charge is -2.45. The molecule has 0 bridgehead atoms. The Hall–Kier alpha value is -0.480. The summed E-state index contributed by atoms with van der Waals surface area (Å²) in [4.78, 5) is 0. The molecule has 2 rings (SSSR count). The van der Waals surface area contributed by atoms with Gasteiger partial charge in [-0.25, -0.2) is 8.78 Å². The first-order valence-electron chi connectivity index (χ1n) is 4.35. The van der Waals surface area contributed by atoms with Crippen LogP contribution in [0.2, 0.25) is 0 Å². The fourth-order valence-electron chi connectivity index (χ4n) is 1.93. The topological polar surface area (TPSA) is 26.0 Å². The SMILES string of the molecule is NC1(c2ccccc2Br)CC(F)(F)C1. The van der Waals surface area contributed by atoms with E-state index in [1.54, 1.807) is 6.07 Å². The van der Waals surface area contributed by atoms with Gasteiger partial charge in [0.2, 0.25) is 0 Å². The highest BCUT2D eigenvalue weighted by atomic mass is 79.9. The van der Waals surface area contributed by atoms with Crippen LogP contribution < -0.4 is 5.73 Å². The van der Waals surface area contributed by atoms with E-state index in [2.05, 4.69) is 15.9 Å². The third kappa shape index (κ3) is 1.57. The summed E-state index contributed by atoms with van der Waals surface area (Å²) in [5.41, 5.74) is 5.80. The number of nitrogens with two attached hydrogens (primary N) is 1. The fourth-order valence-corrected chi connectivity index (χ4v) is 2.61. The molecule has 76 valence electrons. The molecule has 0 saturated heterocycles. The van der Waals surface area contributed by atoms with Crippen LogP contribution in [0.25, 0.3) is 0 Å². The normalized spacial score (nSPS) is 22.9. The van der Waals surface area contributed by atoms with Crippen LogP contribution in [0, 0.1) is 0 Å². The lowest BCUT2D eigenvalue weighted by molar-refractivity contribution is -0.125. The Kier molecular flexibility index (Phi) is 2.16. The minimum atomic E-state index is -2.59. The number of benzene rings is 1. The average molecular weight is 262 g/mol. The molecule has 1 nitrogen and oxygen atoms in total. The van der Waals surface area contributed by atoms with Crippen LogP contribution in [0.4, 0.5) is 8.78 Å². The van der Waals surface area contributed by atoms with E-state index < -0.39 is 11.5 Å². The maximum atomic E-state index is 12.8. The predicted molar refractivity (Wildman–Crippen MR) is 54.2 cm³/mol. The summed E-state index contributed by atoms with van der Waals surface area (Å²) in [6.07, 6.45) is -0.523. The van der Waals surface area contributed by atoms with E-state index >= 15 is 0 Å². The second-order valence-electron chi connectivity index (χ2n) is 3.85. The van der Waals surface area contributed by atoms with Gasteiger partial charge in [-0.1, -0.05) is 34.1 Å². The first-order chi connectivity index (χ1) is 6.43. The Morgan fingerprint density at radius 1 is 1.21 bits per heavy atom. The Labute approximate surface area is 89.4 Å². The predicted octanol–water partition coefficient (Wildman–Crippen LogP) is 3.03. The first kappa shape index (κ1) is 10.1. The third-order valence-electron chi connectivity index (χ3n) is 2.56. The maximum Gasteiger partial charge on any atom is 0.252 e. The van der Waals surface area contributed by atoms with Gasteiger partial charge in [-0.3, -0.25) is 0 Å². The molecule has 4 heteroatoms. The summed E-state index contributed by atoms with van der Waals surface area (Å²) in [6, 6.07) is 7.26. The summed E-state index contributed by atoms with van der Waals surface area (Å²) in [6.45, 7) is 0. The van der Waals surface area contributed by atoms with Crippen LogP contribution in [-0.2, 0) is 5.54 Å². The van der Waals surface area contributed by atoms with Gasteiger partial charge in [-0.05, 0) is 11.6 Å². The highest BCUT2D eigenvalue weighted by Crippen LogP contribution is 2.51. The van der Waals surface area contributed by atoms with Gasteiger partial charge in [0, 0.05) is 17.3 Å². The first-order valence-corrected chi connectivity index (χ1v) is 5.14. The number of rotatable bonds is 1. The van der Waals surface area contributed by atoms with Gasteiger partial charge in [-0.2, -0.15) is 0 Å². The van der Waals surface area contributed by atoms with Crippen molar-refractivity contribution in [2.75, 3.05) is 0 Å². The average Bonchev–Trinajstić information content (AvgIpc) is 2.00. The van der Waals surface area contributed by atoms with Gasteiger partial charge < -0.3 is 5.73 Å². The second-order valence-corrected chi connectivity index (χ2v) is 4.70. The van der Waals surface area contributed by atoms with Crippen molar-refractivity contribution < 1.29 is 8.78 Å². The fraction of sp³-hybridized carbons (Fsp3) is 0.400. The molecule has 14 heavy (non-hydrogen) atoms. The Morgan fingerprint density at radius 2 is 1.79 bits per heavy atom. The van der Waals surface area contributed by atoms with E-state index in [1.165, 1.54) is 0 Å². The van der Waals surface area contributed by atoms with Crippen molar-refractivity contribution in [1.82, 2.24) is 0 Å². The van der Waals surface area contributed by atoms with E-state index in [4.69, 9.17) is 5.73 Å². The number of hydrogen-bond donors (Lipinski definition) is 1. The lowest BCUT2D eigenvalue weighted by Crippen LogP contribution is -2.55.